The highest BCUT2D eigenvalue weighted by Gasteiger charge is 2.14. The van der Waals surface area contributed by atoms with Crippen LogP contribution in [0, 0.1) is 0 Å². The molecule has 4 rings (SSSR count). The number of carbonyl (C=O) groups excluding carboxylic acids is 1. The van der Waals surface area contributed by atoms with Crippen molar-refractivity contribution in [1.29, 1.82) is 0 Å². The third kappa shape index (κ3) is 3.31. The minimum absolute atomic E-state index is 0.227. The first-order valence-corrected chi connectivity index (χ1v) is 8.28. The van der Waals surface area contributed by atoms with Crippen molar-refractivity contribution in [2.24, 2.45) is 0 Å². The molecule has 124 valence electrons. The Morgan fingerprint density at radius 1 is 1.28 bits per heavy atom. The minimum Gasteiger partial charge on any atom is -0.355 e. The van der Waals surface area contributed by atoms with Gasteiger partial charge in [-0.1, -0.05) is 16.4 Å². The molecule has 1 amide bonds. The van der Waals surface area contributed by atoms with Gasteiger partial charge in [0.15, 0.2) is 11.5 Å². The van der Waals surface area contributed by atoms with Crippen molar-refractivity contribution in [1.82, 2.24) is 30.5 Å². The Balaban J connectivity index is 1.40. The summed E-state index contributed by atoms with van der Waals surface area (Å²) in [5.74, 6) is 0.244. The topological polar surface area (TPSA) is 98.7 Å². The van der Waals surface area contributed by atoms with E-state index in [1.807, 2.05) is 29.6 Å². The number of carbonyl (C=O) groups is 1. The molecule has 0 bridgehead atoms. The van der Waals surface area contributed by atoms with Gasteiger partial charge in [-0.25, -0.2) is 4.68 Å². The summed E-state index contributed by atoms with van der Waals surface area (Å²) in [7, 11) is 0. The van der Waals surface area contributed by atoms with Crippen LogP contribution in [0.25, 0.3) is 16.3 Å². The van der Waals surface area contributed by atoms with E-state index in [4.69, 9.17) is 4.52 Å². The van der Waals surface area contributed by atoms with Crippen LogP contribution in [-0.2, 0) is 6.54 Å². The van der Waals surface area contributed by atoms with Crippen molar-refractivity contribution < 1.29 is 9.32 Å². The standard InChI is InChI=1S/C16H12N6O2S/c23-16(13-8-14(24-20-13)15-2-1-7-25-15)18-9-11-10-22(21-19-11)12-3-5-17-6-4-12/h1-8,10H,9H2,(H,18,23). The molecule has 4 aromatic heterocycles. The number of amides is 1. The predicted octanol–water partition coefficient (Wildman–Crippen LogP) is 2.31. The number of nitrogens with one attached hydrogen (secondary N) is 1. The molecule has 4 aromatic rings. The van der Waals surface area contributed by atoms with Gasteiger partial charge in [-0.15, -0.1) is 16.4 Å². The Labute approximate surface area is 146 Å². The van der Waals surface area contributed by atoms with Crippen LogP contribution in [0.15, 0.2) is 58.8 Å². The Morgan fingerprint density at radius 2 is 2.16 bits per heavy atom. The average molecular weight is 352 g/mol. The highest BCUT2D eigenvalue weighted by Crippen LogP contribution is 2.25. The van der Waals surface area contributed by atoms with E-state index in [9.17, 15) is 4.79 Å². The number of hydrogen-bond donors (Lipinski definition) is 1. The van der Waals surface area contributed by atoms with E-state index in [0.29, 0.717) is 11.5 Å². The lowest BCUT2D eigenvalue weighted by molar-refractivity contribution is 0.0941. The molecule has 9 heteroatoms. The van der Waals surface area contributed by atoms with Crippen molar-refractivity contribution in [2.75, 3.05) is 0 Å². The lowest BCUT2D eigenvalue weighted by Crippen LogP contribution is -2.23. The van der Waals surface area contributed by atoms with Crippen molar-refractivity contribution in [2.45, 2.75) is 6.54 Å². The van der Waals surface area contributed by atoms with Gasteiger partial charge in [0.25, 0.3) is 5.91 Å². The van der Waals surface area contributed by atoms with Gasteiger partial charge in [0.1, 0.15) is 5.69 Å². The number of hydrogen-bond acceptors (Lipinski definition) is 7. The van der Waals surface area contributed by atoms with Crippen LogP contribution in [0.2, 0.25) is 0 Å². The fourth-order valence-corrected chi connectivity index (χ4v) is 2.85. The maximum Gasteiger partial charge on any atom is 0.273 e. The predicted molar refractivity (Wildman–Crippen MR) is 90.1 cm³/mol. The van der Waals surface area contributed by atoms with E-state index in [1.165, 1.54) is 11.3 Å². The van der Waals surface area contributed by atoms with Gasteiger partial charge >= 0.3 is 0 Å². The Kier molecular flexibility index (Phi) is 4.05. The zero-order valence-corrected chi connectivity index (χ0v) is 13.7. The summed E-state index contributed by atoms with van der Waals surface area (Å²) in [4.78, 5) is 17.1. The van der Waals surface area contributed by atoms with Gasteiger partial charge < -0.3 is 9.84 Å². The number of thiophene rings is 1. The molecule has 0 aliphatic carbocycles. The summed E-state index contributed by atoms with van der Waals surface area (Å²) >= 11 is 1.52. The first-order valence-electron chi connectivity index (χ1n) is 7.40. The van der Waals surface area contributed by atoms with Crippen molar-refractivity contribution >= 4 is 17.2 Å². The zero-order valence-electron chi connectivity index (χ0n) is 12.9. The van der Waals surface area contributed by atoms with Crippen LogP contribution in [0.3, 0.4) is 0 Å². The molecule has 0 fully saturated rings. The molecular weight excluding hydrogens is 340 g/mol. The molecular formula is C16H12N6O2S. The van der Waals surface area contributed by atoms with Gasteiger partial charge in [0.05, 0.1) is 23.3 Å². The fourth-order valence-electron chi connectivity index (χ4n) is 2.18. The summed E-state index contributed by atoms with van der Waals surface area (Å²) in [6.45, 7) is 0.241. The molecule has 0 saturated heterocycles. The molecule has 0 unspecified atom stereocenters. The average Bonchev–Trinajstić information content (AvgIpc) is 3.41. The Hall–Kier alpha value is -3.33. The highest BCUT2D eigenvalue weighted by molar-refractivity contribution is 7.13. The maximum absolute atomic E-state index is 12.2. The monoisotopic (exact) mass is 352 g/mol. The van der Waals surface area contributed by atoms with Crippen LogP contribution in [0.5, 0.6) is 0 Å². The molecule has 0 aromatic carbocycles. The Bertz CT molecular complexity index is 977. The third-order valence-corrected chi connectivity index (χ3v) is 4.29. The van der Waals surface area contributed by atoms with Gasteiger partial charge in [0.2, 0.25) is 0 Å². The number of nitrogens with zero attached hydrogens (tertiary/aromatic N) is 5. The molecule has 8 nitrogen and oxygen atoms in total. The van der Waals surface area contributed by atoms with Crippen molar-refractivity contribution in [3.05, 3.63) is 65.7 Å². The summed E-state index contributed by atoms with van der Waals surface area (Å²) in [5.41, 5.74) is 1.70. The minimum atomic E-state index is -0.329. The molecule has 25 heavy (non-hydrogen) atoms. The van der Waals surface area contributed by atoms with E-state index < -0.39 is 0 Å². The molecule has 0 radical (unpaired) electrons. The van der Waals surface area contributed by atoms with Crippen molar-refractivity contribution in [3.8, 4) is 16.3 Å². The molecule has 1 N–H and O–H groups in total. The van der Waals surface area contributed by atoms with E-state index in [1.54, 1.807) is 29.3 Å². The van der Waals surface area contributed by atoms with Crippen LogP contribution in [0.4, 0.5) is 0 Å². The van der Waals surface area contributed by atoms with E-state index in [-0.39, 0.29) is 18.1 Å². The van der Waals surface area contributed by atoms with Gasteiger partial charge in [0, 0.05) is 18.5 Å². The smallest absolute Gasteiger partial charge is 0.273 e. The molecule has 0 aliphatic heterocycles. The Morgan fingerprint density at radius 3 is 2.96 bits per heavy atom. The summed E-state index contributed by atoms with van der Waals surface area (Å²) in [5, 5.41) is 16.6. The van der Waals surface area contributed by atoms with Gasteiger partial charge in [-0.05, 0) is 23.6 Å². The summed E-state index contributed by atoms with van der Waals surface area (Å²) in [6, 6.07) is 9.07. The molecule has 0 saturated carbocycles. The van der Waals surface area contributed by atoms with E-state index in [0.717, 1.165) is 10.6 Å². The lowest BCUT2D eigenvalue weighted by atomic mass is 10.3. The van der Waals surface area contributed by atoms with Crippen LogP contribution in [-0.4, -0.2) is 31.0 Å². The maximum atomic E-state index is 12.2. The lowest BCUT2D eigenvalue weighted by Gasteiger charge is -1.99. The van der Waals surface area contributed by atoms with E-state index in [2.05, 4.69) is 25.8 Å². The third-order valence-electron chi connectivity index (χ3n) is 3.40. The largest absolute Gasteiger partial charge is 0.355 e. The van der Waals surface area contributed by atoms with Gasteiger partial charge in [-0.2, -0.15) is 0 Å². The van der Waals surface area contributed by atoms with E-state index >= 15 is 0 Å². The second-order valence-corrected chi connectivity index (χ2v) is 6.04. The molecule has 0 atom stereocenters. The molecule has 0 aliphatic rings. The summed E-state index contributed by atoms with van der Waals surface area (Å²) in [6.07, 6.45) is 5.10. The summed E-state index contributed by atoms with van der Waals surface area (Å²) < 4.78 is 6.82. The van der Waals surface area contributed by atoms with Crippen LogP contribution < -0.4 is 5.32 Å². The number of rotatable bonds is 5. The number of pyridine rings is 1. The number of aromatic nitrogens is 5. The first-order chi connectivity index (χ1) is 12.3. The molecule has 4 heterocycles. The second-order valence-electron chi connectivity index (χ2n) is 5.10. The normalized spacial score (nSPS) is 10.7. The first kappa shape index (κ1) is 15.2. The SMILES string of the molecule is O=C(NCc1cn(-c2ccncc2)nn1)c1cc(-c2cccs2)on1. The van der Waals surface area contributed by atoms with Crippen LogP contribution in [0.1, 0.15) is 16.2 Å². The fraction of sp³-hybridized carbons (Fsp3) is 0.0625. The highest BCUT2D eigenvalue weighted by atomic mass is 32.1. The molecule has 0 spiro atoms. The van der Waals surface area contributed by atoms with Gasteiger partial charge in [-0.3, -0.25) is 9.78 Å². The van der Waals surface area contributed by atoms with Crippen LogP contribution >= 0.6 is 11.3 Å². The zero-order chi connectivity index (χ0) is 17.1. The quantitative estimate of drug-likeness (QED) is 0.592. The second kappa shape index (κ2) is 6.65. The van der Waals surface area contributed by atoms with Crippen molar-refractivity contribution in [3.63, 3.8) is 0 Å².